The maximum atomic E-state index is 12.0. The Hall–Kier alpha value is -2.69. The van der Waals surface area contributed by atoms with Crippen LogP contribution in [0.15, 0.2) is 42.5 Å². The van der Waals surface area contributed by atoms with Crippen molar-refractivity contribution in [2.24, 2.45) is 0 Å². The van der Waals surface area contributed by atoms with Gasteiger partial charge >= 0.3 is 0 Å². The van der Waals surface area contributed by atoms with Crippen LogP contribution in [0.5, 0.6) is 5.75 Å². The van der Waals surface area contributed by atoms with Crippen molar-refractivity contribution in [3.05, 3.63) is 48.0 Å². The van der Waals surface area contributed by atoms with E-state index in [1.807, 2.05) is 26.1 Å². The number of phenols is 1. The molecule has 110 valence electrons. The number of amides is 1. The van der Waals surface area contributed by atoms with Crippen molar-refractivity contribution in [1.82, 2.24) is 0 Å². The van der Waals surface area contributed by atoms with Gasteiger partial charge in [0.25, 0.3) is 0 Å². The van der Waals surface area contributed by atoms with Crippen molar-refractivity contribution in [2.75, 3.05) is 29.5 Å². The number of hydrogen-bond acceptors (Lipinski definition) is 4. The number of likely N-dealkylation sites (N-methyl/N-ethyl adjacent to an activating group) is 1. The molecule has 1 amide bonds. The standard InChI is InChI=1S/C16H19N3O2/c1-11-3-8-15(14(17)9-11)18-16(21)10-19(2)12-4-6-13(20)7-5-12/h3-9,20H,10,17H2,1-2H3,(H,18,21). The predicted molar refractivity (Wildman–Crippen MR) is 85.6 cm³/mol. The Balaban J connectivity index is 1.99. The first-order valence-electron chi connectivity index (χ1n) is 6.62. The molecule has 0 aliphatic heterocycles. The maximum Gasteiger partial charge on any atom is 0.243 e. The molecule has 5 heteroatoms. The van der Waals surface area contributed by atoms with Crippen LogP contribution in [0.4, 0.5) is 17.1 Å². The molecule has 0 bridgehead atoms. The molecule has 0 spiro atoms. The van der Waals surface area contributed by atoms with E-state index in [0.29, 0.717) is 11.4 Å². The van der Waals surface area contributed by atoms with E-state index in [2.05, 4.69) is 5.32 Å². The van der Waals surface area contributed by atoms with Crippen molar-refractivity contribution in [3.8, 4) is 5.75 Å². The third kappa shape index (κ3) is 3.89. The van der Waals surface area contributed by atoms with Gasteiger partial charge in [-0.1, -0.05) is 6.07 Å². The number of benzene rings is 2. The zero-order chi connectivity index (χ0) is 15.4. The number of aromatic hydroxyl groups is 1. The summed E-state index contributed by atoms with van der Waals surface area (Å²) in [4.78, 5) is 13.8. The number of rotatable bonds is 4. The van der Waals surface area contributed by atoms with Gasteiger partial charge in [-0.3, -0.25) is 4.79 Å². The summed E-state index contributed by atoms with van der Waals surface area (Å²) in [6.07, 6.45) is 0. The number of carbonyl (C=O) groups excluding carboxylic acids is 1. The average Bonchev–Trinajstić information content (AvgIpc) is 2.42. The Bertz CT molecular complexity index is 638. The highest BCUT2D eigenvalue weighted by Crippen LogP contribution is 2.20. The monoisotopic (exact) mass is 285 g/mol. The van der Waals surface area contributed by atoms with E-state index in [0.717, 1.165) is 11.3 Å². The highest BCUT2D eigenvalue weighted by atomic mass is 16.3. The molecule has 2 aromatic rings. The zero-order valence-electron chi connectivity index (χ0n) is 12.1. The second-order valence-corrected chi connectivity index (χ2v) is 5.01. The van der Waals surface area contributed by atoms with E-state index in [9.17, 15) is 9.90 Å². The van der Waals surface area contributed by atoms with Gasteiger partial charge in [0.05, 0.1) is 17.9 Å². The summed E-state index contributed by atoms with van der Waals surface area (Å²) in [6.45, 7) is 2.14. The maximum absolute atomic E-state index is 12.0. The van der Waals surface area contributed by atoms with E-state index in [4.69, 9.17) is 5.73 Å². The van der Waals surface area contributed by atoms with Gasteiger partial charge in [0, 0.05) is 12.7 Å². The summed E-state index contributed by atoms with van der Waals surface area (Å²) in [5.41, 5.74) is 8.93. The van der Waals surface area contributed by atoms with Crippen molar-refractivity contribution >= 4 is 23.0 Å². The molecule has 0 aliphatic carbocycles. The van der Waals surface area contributed by atoms with Gasteiger partial charge in [0.1, 0.15) is 5.75 Å². The molecule has 0 aliphatic rings. The second-order valence-electron chi connectivity index (χ2n) is 5.01. The molecule has 2 aromatic carbocycles. The molecular formula is C16H19N3O2. The molecule has 0 unspecified atom stereocenters. The minimum atomic E-state index is -0.152. The van der Waals surface area contributed by atoms with Crippen LogP contribution in [0.25, 0.3) is 0 Å². The molecule has 21 heavy (non-hydrogen) atoms. The molecule has 2 rings (SSSR count). The fourth-order valence-corrected chi connectivity index (χ4v) is 2.00. The Morgan fingerprint density at radius 1 is 1.24 bits per heavy atom. The summed E-state index contributed by atoms with van der Waals surface area (Å²) in [5, 5.41) is 12.1. The lowest BCUT2D eigenvalue weighted by molar-refractivity contribution is -0.114. The zero-order valence-corrected chi connectivity index (χ0v) is 12.1. The number of carbonyl (C=O) groups is 1. The lowest BCUT2D eigenvalue weighted by atomic mass is 10.2. The fourth-order valence-electron chi connectivity index (χ4n) is 2.00. The Labute approximate surface area is 124 Å². The summed E-state index contributed by atoms with van der Waals surface area (Å²) in [5.74, 6) is 0.0464. The summed E-state index contributed by atoms with van der Waals surface area (Å²) in [6, 6.07) is 12.2. The topological polar surface area (TPSA) is 78.6 Å². The van der Waals surface area contributed by atoms with Gasteiger partial charge in [-0.25, -0.2) is 0 Å². The Morgan fingerprint density at radius 2 is 1.90 bits per heavy atom. The van der Waals surface area contributed by atoms with E-state index >= 15 is 0 Å². The first kappa shape index (κ1) is 14.7. The average molecular weight is 285 g/mol. The molecule has 0 fully saturated rings. The number of hydrogen-bond donors (Lipinski definition) is 3. The normalized spacial score (nSPS) is 10.2. The largest absolute Gasteiger partial charge is 0.508 e. The van der Waals surface area contributed by atoms with Gasteiger partial charge in [-0.15, -0.1) is 0 Å². The summed E-state index contributed by atoms with van der Waals surface area (Å²) >= 11 is 0. The first-order chi connectivity index (χ1) is 9.95. The lowest BCUT2D eigenvalue weighted by Crippen LogP contribution is -2.30. The van der Waals surface area contributed by atoms with E-state index in [1.165, 1.54) is 0 Å². The smallest absolute Gasteiger partial charge is 0.243 e. The lowest BCUT2D eigenvalue weighted by Gasteiger charge is -2.19. The number of anilines is 3. The number of nitrogens with two attached hydrogens (primary N) is 1. The molecule has 0 aromatic heterocycles. The third-order valence-electron chi connectivity index (χ3n) is 3.15. The van der Waals surface area contributed by atoms with Crippen LogP contribution in [0.1, 0.15) is 5.56 Å². The number of nitrogens with one attached hydrogen (secondary N) is 1. The van der Waals surface area contributed by atoms with Crippen LogP contribution in [0, 0.1) is 6.92 Å². The molecule has 4 N–H and O–H groups in total. The SMILES string of the molecule is Cc1ccc(NC(=O)CN(C)c2ccc(O)cc2)c(N)c1. The highest BCUT2D eigenvalue weighted by Gasteiger charge is 2.09. The third-order valence-corrected chi connectivity index (χ3v) is 3.15. The molecule has 0 atom stereocenters. The predicted octanol–water partition coefficient (Wildman–Crippen LogP) is 2.36. The van der Waals surface area contributed by atoms with Gasteiger partial charge in [0.15, 0.2) is 0 Å². The summed E-state index contributed by atoms with van der Waals surface area (Å²) < 4.78 is 0. The van der Waals surface area contributed by atoms with Crippen molar-refractivity contribution < 1.29 is 9.90 Å². The minimum absolute atomic E-state index is 0.152. The van der Waals surface area contributed by atoms with Crippen LogP contribution >= 0.6 is 0 Å². The second kappa shape index (κ2) is 6.17. The Morgan fingerprint density at radius 3 is 2.52 bits per heavy atom. The van der Waals surface area contributed by atoms with Gasteiger partial charge < -0.3 is 21.1 Å². The van der Waals surface area contributed by atoms with Crippen molar-refractivity contribution in [3.63, 3.8) is 0 Å². The van der Waals surface area contributed by atoms with E-state index in [-0.39, 0.29) is 18.2 Å². The number of phenolic OH excluding ortho intramolecular Hbond substituents is 1. The first-order valence-corrected chi connectivity index (χ1v) is 6.62. The highest BCUT2D eigenvalue weighted by molar-refractivity contribution is 5.96. The van der Waals surface area contributed by atoms with Gasteiger partial charge in [-0.2, -0.15) is 0 Å². The number of nitrogen functional groups attached to an aromatic ring is 1. The van der Waals surface area contributed by atoms with Crippen LogP contribution in [0.3, 0.4) is 0 Å². The van der Waals surface area contributed by atoms with Crippen LogP contribution in [0.2, 0.25) is 0 Å². The molecule has 5 nitrogen and oxygen atoms in total. The van der Waals surface area contributed by atoms with Crippen LogP contribution < -0.4 is 16.0 Å². The quantitative estimate of drug-likeness (QED) is 0.753. The minimum Gasteiger partial charge on any atom is -0.508 e. The van der Waals surface area contributed by atoms with Crippen LogP contribution in [-0.4, -0.2) is 24.6 Å². The van der Waals surface area contributed by atoms with Crippen molar-refractivity contribution in [1.29, 1.82) is 0 Å². The van der Waals surface area contributed by atoms with Crippen molar-refractivity contribution in [2.45, 2.75) is 6.92 Å². The summed E-state index contributed by atoms with van der Waals surface area (Å²) in [7, 11) is 1.81. The molecule has 0 radical (unpaired) electrons. The number of aryl methyl sites for hydroxylation is 1. The van der Waals surface area contributed by atoms with Crippen LogP contribution in [-0.2, 0) is 4.79 Å². The van der Waals surface area contributed by atoms with E-state index < -0.39 is 0 Å². The molecule has 0 heterocycles. The Kier molecular flexibility index (Phi) is 4.33. The fraction of sp³-hybridized carbons (Fsp3) is 0.188. The molecular weight excluding hydrogens is 266 g/mol. The molecule has 0 saturated heterocycles. The van der Waals surface area contributed by atoms with Gasteiger partial charge in [-0.05, 0) is 48.9 Å². The van der Waals surface area contributed by atoms with Gasteiger partial charge in [0.2, 0.25) is 5.91 Å². The number of nitrogens with zero attached hydrogens (tertiary/aromatic N) is 1. The molecule has 0 saturated carbocycles. The van der Waals surface area contributed by atoms with E-state index in [1.54, 1.807) is 35.2 Å².